The monoisotopic (exact) mass is 221 g/mol. The van der Waals surface area contributed by atoms with Crippen molar-refractivity contribution in [1.29, 1.82) is 0 Å². The van der Waals surface area contributed by atoms with Gasteiger partial charge in [-0.25, -0.2) is 0 Å². The fourth-order valence-electron chi connectivity index (χ4n) is 4.02. The van der Waals surface area contributed by atoms with Crippen LogP contribution < -0.4 is 5.32 Å². The Hall–Kier alpha value is -0.640. The van der Waals surface area contributed by atoms with Gasteiger partial charge in [0.2, 0.25) is 5.13 Å². The van der Waals surface area contributed by atoms with Crippen LogP contribution in [0.25, 0.3) is 0 Å². The Labute approximate surface area is 93.3 Å². The Morgan fingerprint density at radius 2 is 1.93 bits per heavy atom. The fourth-order valence-corrected chi connectivity index (χ4v) is 4.65. The van der Waals surface area contributed by atoms with E-state index in [4.69, 9.17) is 0 Å². The number of nitrogens with one attached hydrogen (secondary N) is 1. The molecule has 2 bridgehead atoms. The smallest absolute Gasteiger partial charge is 0.205 e. The van der Waals surface area contributed by atoms with Crippen molar-refractivity contribution in [2.24, 2.45) is 23.7 Å². The SMILES string of the molecule is Cc1nnc(NC2C3C4CCC(C4)C23)s1. The lowest BCUT2D eigenvalue weighted by Gasteiger charge is -2.08. The molecule has 80 valence electrons. The van der Waals surface area contributed by atoms with E-state index in [9.17, 15) is 0 Å². The Morgan fingerprint density at radius 1 is 1.20 bits per heavy atom. The maximum absolute atomic E-state index is 4.15. The summed E-state index contributed by atoms with van der Waals surface area (Å²) in [5, 5.41) is 13.9. The van der Waals surface area contributed by atoms with Crippen molar-refractivity contribution < 1.29 is 0 Å². The van der Waals surface area contributed by atoms with Gasteiger partial charge in [-0.1, -0.05) is 11.3 Å². The number of nitrogens with zero attached hydrogens (tertiary/aromatic N) is 2. The number of rotatable bonds is 2. The van der Waals surface area contributed by atoms with Gasteiger partial charge in [-0.05, 0) is 49.9 Å². The lowest BCUT2D eigenvalue weighted by molar-refractivity contribution is 0.456. The van der Waals surface area contributed by atoms with E-state index < -0.39 is 0 Å². The summed E-state index contributed by atoms with van der Waals surface area (Å²) in [6.45, 7) is 2.01. The minimum absolute atomic E-state index is 0.739. The van der Waals surface area contributed by atoms with Crippen LogP contribution in [0.3, 0.4) is 0 Å². The zero-order chi connectivity index (χ0) is 9.99. The molecule has 4 unspecified atom stereocenters. The zero-order valence-electron chi connectivity index (χ0n) is 8.81. The van der Waals surface area contributed by atoms with Crippen molar-refractivity contribution in [3.8, 4) is 0 Å². The summed E-state index contributed by atoms with van der Waals surface area (Å²) in [5.41, 5.74) is 0. The van der Waals surface area contributed by atoms with Gasteiger partial charge in [0.25, 0.3) is 0 Å². The second kappa shape index (κ2) is 2.73. The summed E-state index contributed by atoms with van der Waals surface area (Å²) >= 11 is 1.68. The molecule has 3 aliphatic carbocycles. The van der Waals surface area contributed by atoms with Crippen LogP contribution in [0, 0.1) is 30.6 Å². The Bertz CT molecular complexity index is 386. The molecule has 4 rings (SSSR count). The van der Waals surface area contributed by atoms with Crippen LogP contribution >= 0.6 is 11.3 Å². The summed E-state index contributed by atoms with van der Waals surface area (Å²) in [5.74, 6) is 4.03. The highest BCUT2D eigenvalue weighted by Gasteiger charge is 2.65. The lowest BCUT2D eigenvalue weighted by Crippen LogP contribution is -2.12. The molecule has 3 aliphatic rings. The summed E-state index contributed by atoms with van der Waals surface area (Å²) in [6, 6.07) is 0.739. The van der Waals surface area contributed by atoms with Gasteiger partial charge >= 0.3 is 0 Å². The number of anilines is 1. The minimum Gasteiger partial charge on any atom is -0.357 e. The van der Waals surface area contributed by atoms with E-state index in [2.05, 4.69) is 15.5 Å². The summed E-state index contributed by atoms with van der Waals surface area (Å²) < 4.78 is 0. The molecule has 0 aromatic carbocycles. The molecule has 1 aromatic rings. The van der Waals surface area contributed by atoms with E-state index in [1.807, 2.05) is 6.92 Å². The number of hydrogen-bond acceptors (Lipinski definition) is 4. The van der Waals surface area contributed by atoms with E-state index in [-0.39, 0.29) is 0 Å². The molecule has 3 saturated carbocycles. The van der Waals surface area contributed by atoms with Crippen LogP contribution in [0.4, 0.5) is 5.13 Å². The van der Waals surface area contributed by atoms with E-state index in [1.165, 1.54) is 19.3 Å². The molecule has 0 saturated heterocycles. The van der Waals surface area contributed by atoms with Crippen LogP contribution in [-0.2, 0) is 0 Å². The van der Waals surface area contributed by atoms with Gasteiger partial charge in [0.05, 0.1) is 0 Å². The average Bonchev–Trinajstić information content (AvgIpc) is 2.62. The molecule has 4 atom stereocenters. The third kappa shape index (κ3) is 1.11. The van der Waals surface area contributed by atoms with E-state index >= 15 is 0 Å². The summed E-state index contributed by atoms with van der Waals surface area (Å²) in [7, 11) is 0. The highest BCUT2D eigenvalue weighted by Crippen LogP contribution is 2.66. The quantitative estimate of drug-likeness (QED) is 0.832. The molecule has 3 nitrogen and oxygen atoms in total. The highest BCUT2D eigenvalue weighted by atomic mass is 32.1. The standard InChI is InChI=1S/C11H15N3S/c1-5-13-14-11(15-5)12-10-8-6-2-3-7(4-6)9(8)10/h6-10H,2-4H2,1H3,(H,12,14). The number of hydrogen-bond donors (Lipinski definition) is 1. The van der Waals surface area contributed by atoms with Gasteiger partial charge in [0, 0.05) is 6.04 Å². The zero-order valence-corrected chi connectivity index (χ0v) is 9.63. The van der Waals surface area contributed by atoms with E-state index in [0.717, 1.165) is 39.9 Å². The van der Waals surface area contributed by atoms with Gasteiger partial charge in [-0.2, -0.15) is 0 Å². The molecule has 1 aromatic heterocycles. The molecule has 0 amide bonds. The second-order valence-electron chi connectivity index (χ2n) is 5.28. The largest absolute Gasteiger partial charge is 0.357 e. The molecule has 0 radical (unpaired) electrons. The summed E-state index contributed by atoms with van der Waals surface area (Å²) in [6.07, 6.45) is 4.49. The first-order valence-electron chi connectivity index (χ1n) is 5.89. The normalized spacial score (nSPS) is 45.5. The predicted octanol–water partition coefficient (Wildman–Crippen LogP) is 2.30. The van der Waals surface area contributed by atoms with Crippen LogP contribution in [-0.4, -0.2) is 16.2 Å². The molecule has 1 heterocycles. The number of fused-ring (bicyclic) bond motifs is 5. The Morgan fingerprint density at radius 3 is 2.53 bits per heavy atom. The Kier molecular flexibility index (Phi) is 1.55. The highest BCUT2D eigenvalue weighted by molar-refractivity contribution is 7.15. The molecule has 15 heavy (non-hydrogen) atoms. The van der Waals surface area contributed by atoms with Crippen LogP contribution in [0.2, 0.25) is 0 Å². The Balaban J connectivity index is 1.50. The van der Waals surface area contributed by atoms with Crippen molar-refractivity contribution in [2.75, 3.05) is 5.32 Å². The molecular weight excluding hydrogens is 206 g/mol. The van der Waals surface area contributed by atoms with Gasteiger partial charge < -0.3 is 5.32 Å². The third-order valence-electron chi connectivity index (χ3n) is 4.55. The van der Waals surface area contributed by atoms with Crippen LogP contribution in [0.15, 0.2) is 0 Å². The first-order chi connectivity index (χ1) is 7.33. The minimum atomic E-state index is 0.739. The maximum Gasteiger partial charge on any atom is 0.205 e. The molecule has 4 heteroatoms. The van der Waals surface area contributed by atoms with Gasteiger partial charge in [-0.15, -0.1) is 10.2 Å². The van der Waals surface area contributed by atoms with Crippen LogP contribution in [0.1, 0.15) is 24.3 Å². The van der Waals surface area contributed by atoms with E-state index in [1.54, 1.807) is 11.3 Å². The van der Waals surface area contributed by atoms with Crippen molar-refractivity contribution in [2.45, 2.75) is 32.2 Å². The topological polar surface area (TPSA) is 37.8 Å². The third-order valence-corrected chi connectivity index (χ3v) is 5.32. The molecule has 1 N–H and O–H groups in total. The van der Waals surface area contributed by atoms with Gasteiger partial charge in [0.15, 0.2) is 0 Å². The van der Waals surface area contributed by atoms with Crippen molar-refractivity contribution in [3.63, 3.8) is 0 Å². The number of aryl methyl sites for hydroxylation is 1. The molecular formula is C11H15N3S. The lowest BCUT2D eigenvalue weighted by atomic mass is 10.0. The van der Waals surface area contributed by atoms with Crippen molar-refractivity contribution >= 4 is 16.5 Å². The summed E-state index contributed by atoms with van der Waals surface area (Å²) in [4.78, 5) is 0. The molecule has 0 aliphatic heterocycles. The second-order valence-corrected chi connectivity index (χ2v) is 6.47. The van der Waals surface area contributed by atoms with Crippen LogP contribution in [0.5, 0.6) is 0 Å². The predicted molar refractivity (Wildman–Crippen MR) is 59.9 cm³/mol. The first-order valence-corrected chi connectivity index (χ1v) is 6.71. The average molecular weight is 221 g/mol. The fraction of sp³-hybridized carbons (Fsp3) is 0.818. The van der Waals surface area contributed by atoms with E-state index in [0.29, 0.717) is 0 Å². The van der Waals surface area contributed by atoms with Crippen molar-refractivity contribution in [3.05, 3.63) is 5.01 Å². The first kappa shape index (κ1) is 8.50. The van der Waals surface area contributed by atoms with Crippen molar-refractivity contribution in [1.82, 2.24) is 10.2 Å². The molecule has 3 fully saturated rings. The van der Waals surface area contributed by atoms with Gasteiger partial charge in [-0.3, -0.25) is 0 Å². The maximum atomic E-state index is 4.15. The number of aromatic nitrogens is 2. The molecule has 0 spiro atoms. The van der Waals surface area contributed by atoms with Gasteiger partial charge in [0.1, 0.15) is 5.01 Å².